The zero-order valence-corrected chi connectivity index (χ0v) is 23.3. The average Bonchev–Trinajstić information content (AvgIpc) is 2.70. The minimum absolute atomic E-state index is 0. The van der Waals surface area contributed by atoms with Crippen molar-refractivity contribution < 1.29 is 67.7 Å². The maximum absolute atomic E-state index is 11.7. The Morgan fingerprint density at radius 3 is 1.87 bits per heavy atom. The first-order chi connectivity index (χ1) is 14.2. The molecule has 0 bridgehead atoms. The van der Waals surface area contributed by atoms with Crippen LogP contribution in [0.25, 0.3) is 10.8 Å². The first kappa shape index (κ1) is 33.0. The number of hydrogen-bond donors (Lipinski definition) is 1. The third-order valence-corrected chi connectivity index (χ3v) is 5.31. The van der Waals surface area contributed by atoms with Crippen LogP contribution in [0.1, 0.15) is 56.8 Å². The van der Waals surface area contributed by atoms with Gasteiger partial charge in [-0.25, -0.2) is 0 Å². The molecule has 0 aliphatic rings. The van der Waals surface area contributed by atoms with Gasteiger partial charge in [0, 0.05) is 107 Å². The van der Waals surface area contributed by atoms with Crippen molar-refractivity contribution in [2.24, 2.45) is 0 Å². The minimum Gasteiger partial charge on any atom is -0.512 e. The summed E-state index contributed by atoms with van der Waals surface area (Å²) in [5, 5.41) is 11.2. The number of aliphatic hydroxyl groups is 1. The van der Waals surface area contributed by atoms with Crippen molar-refractivity contribution in [2.45, 2.75) is 46.5 Å². The SMILES string of the molecule is C/C(O)=C/C(=O)c1ccc2ccccc2c1.CCCCS(=O)CCCC.CS(C)=O.[Eu]. The van der Waals surface area contributed by atoms with E-state index in [2.05, 4.69) is 13.8 Å². The smallest absolute Gasteiger partial charge is 0.189 e. The Hall–Kier alpha value is -0.206. The fraction of sp³-hybridized carbons (Fsp3) is 0.458. The zero-order valence-electron chi connectivity index (χ0n) is 19.2. The molecule has 0 saturated heterocycles. The minimum atomic E-state index is -0.611. The van der Waals surface area contributed by atoms with Crippen molar-refractivity contribution in [3.05, 3.63) is 59.9 Å². The predicted molar refractivity (Wildman–Crippen MR) is 132 cm³/mol. The van der Waals surface area contributed by atoms with Gasteiger partial charge in [-0.2, -0.15) is 0 Å². The van der Waals surface area contributed by atoms with E-state index >= 15 is 0 Å². The Bertz CT molecular complexity index is 832. The van der Waals surface area contributed by atoms with E-state index in [0.717, 1.165) is 48.0 Å². The van der Waals surface area contributed by atoms with Gasteiger partial charge in [0.1, 0.15) is 0 Å². The van der Waals surface area contributed by atoms with Gasteiger partial charge in [-0.15, -0.1) is 0 Å². The van der Waals surface area contributed by atoms with Gasteiger partial charge >= 0.3 is 0 Å². The molecule has 4 nitrogen and oxygen atoms in total. The molecule has 0 aromatic heterocycles. The number of unbranched alkanes of at least 4 members (excludes halogenated alkanes) is 2. The van der Waals surface area contributed by atoms with E-state index in [-0.39, 0.29) is 60.9 Å². The van der Waals surface area contributed by atoms with Crippen LogP contribution in [-0.2, 0) is 21.6 Å². The van der Waals surface area contributed by atoms with Crippen LogP contribution in [0, 0.1) is 49.4 Å². The summed E-state index contributed by atoms with van der Waals surface area (Å²) in [6, 6.07) is 13.4. The van der Waals surface area contributed by atoms with E-state index in [4.69, 9.17) is 5.11 Å². The Balaban J connectivity index is 0. The molecule has 0 spiro atoms. The molecule has 0 heterocycles. The zero-order chi connectivity index (χ0) is 22.9. The van der Waals surface area contributed by atoms with E-state index in [1.54, 1.807) is 18.6 Å². The number of allylic oxidation sites excluding steroid dienone is 2. The summed E-state index contributed by atoms with van der Waals surface area (Å²) >= 11 is 0. The second kappa shape index (κ2) is 20.4. The number of hydrogen-bond acceptors (Lipinski definition) is 4. The summed E-state index contributed by atoms with van der Waals surface area (Å²) in [6.07, 6.45) is 9.08. The van der Waals surface area contributed by atoms with Gasteiger partial charge in [0.25, 0.3) is 0 Å². The number of carbonyl (C=O) groups is 1. The van der Waals surface area contributed by atoms with Crippen LogP contribution in [0.15, 0.2) is 54.3 Å². The normalized spacial score (nSPS) is 10.6. The molecule has 175 valence electrons. The molecule has 0 amide bonds. The molecule has 1 N–H and O–H groups in total. The second-order valence-corrected chi connectivity index (χ2v) is 10.2. The first-order valence-electron chi connectivity index (χ1n) is 10.2. The summed E-state index contributed by atoms with van der Waals surface area (Å²) in [4.78, 5) is 11.7. The maximum Gasteiger partial charge on any atom is 0.189 e. The fourth-order valence-corrected chi connectivity index (χ4v) is 3.75. The molecule has 0 fully saturated rings. The van der Waals surface area contributed by atoms with Crippen LogP contribution in [0.2, 0.25) is 0 Å². The molecule has 2 aromatic rings. The van der Waals surface area contributed by atoms with Crippen LogP contribution in [0.5, 0.6) is 0 Å². The van der Waals surface area contributed by atoms with E-state index in [1.165, 1.54) is 13.0 Å². The van der Waals surface area contributed by atoms with Crippen molar-refractivity contribution in [1.29, 1.82) is 0 Å². The Morgan fingerprint density at radius 1 is 0.935 bits per heavy atom. The monoisotopic (exact) mass is 605 g/mol. The largest absolute Gasteiger partial charge is 0.512 e. The van der Waals surface area contributed by atoms with Gasteiger partial charge in [-0.1, -0.05) is 63.1 Å². The Kier molecular flexibility index (Phi) is 21.7. The van der Waals surface area contributed by atoms with E-state index in [9.17, 15) is 13.2 Å². The molecule has 0 aliphatic carbocycles. The molecule has 7 heteroatoms. The Morgan fingerprint density at radius 2 is 1.42 bits per heavy atom. The number of fused-ring (bicyclic) bond motifs is 1. The van der Waals surface area contributed by atoms with Gasteiger partial charge in [-0.3, -0.25) is 13.2 Å². The molecule has 1 radical (unpaired) electrons. The molecule has 2 rings (SSSR count). The number of carbonyl (C=O) groups excluding carboxylic acids is 1. The quantitative estimate of drug-likeness (QED) is 0.235. The van der Waals surface area contributed by atoms with Gasteiger partial charge in [0.05, 0.1) is 5.76 Å². The first-order valence-corrected chi connectivity index (χ1v) is 13.7. The van der Waals surface area contributed by atoms with E-state index in [1.807, 2.05) is 36.4 Å². The number of ketones is 1. The molecule has 0 unspecified atom stereocenters. The standard InChI is InChI=1S/C14H12O2.C8H18OS.C2H6OS.Eu/c1-10(15)8-14(16)13-7-6-11-4-2-3-5-12(11)9-13;1-3-5-7-10(9)8-6-4-2;1-4(2)3;/h2-9,15H,1H3;3-8H2,1-2H3;1-2H3;/b10-8-;;;. The Labute approximate surface area is 233 Å². The van der Waals surface area contributed by atoms with Crippen LogP contribution in [0.3, 0.4) is 0 Å². The number of rotatable bonds is 8. The van der Waals surface area contributed by atoms with Crippen molar-refractivity contribution in [3.8, 4) is 0 Å². The van der Waals surface area contributed by atoms with Crippen molar-refractivity contribution in [2.75, 3.05) is 24.0 Å². The van der Waals surface area contributed by atoms with Crippen molar-refractivity contribution in [1.82, 2.24) is 0 Å². The third-order valence-electron chi connectivity index (χ3n) is 3.83. The third kappa shape index (κ3) is 18.0. The number of aliphatic hydroxyl groups excluding tert-OH is 1. The van der Waals surface area contributed by atoms with Gasteiger partial charge in [0.2, 0.25) is 0 Å². The van der Waals surface area contributed by atoms with E-state index < -0.39 is 21.6 Å². The summed E-state index contributed by atoms with van der Waals surface area (Å²) in [6.45, 7) is 5.76. The van der Waals surface area contributed by atoms with Gasteiger partial charge < -0.3 is 5.11 Å². The molecular formula is C24H36EuO4S2. The fourth-order valence-electron chi connectivity index (χ4n) is 2.33. The summed E-state index contributed by atoms with van der Waals surface area (Å²) < 4.78 is 20.6. The maximum atomic E-state index is 11.7. The van der Waals surface area contributed by atoms with Crippen molar-refractivity contribution >= 4 is 38.2 Å². The van der Waals surface area contributed by atoms with Gasteiger partial charge in [-0.05, 0) is 36.6 Å². The molecule has 0 atom stereocenters. The predicted octanol–water partition coefficient (Wildman–Crippen LogP) is 5.81. The molecule has 2 aromatic carbocycles. The average molecular weight is 605 g/mol. The van der Waals surface area contributed by atoms with Crippen LogP contribution >= 0.6 is 0 Å². The number of benzene rings is 2. The van der Waals surface area contributed by atoms with Crippen molar-refractivity contribution in [3.63, 3.8) is 0 Å². The van der Waals surface area contributed by atoms with Crippen LogP contribution in [-0.4, -0.2) is 43.3 Å². The van der Waals surface area contributed by atoms with Crippen LogP contribution in [0.4, 0.5) is 0 Å². The topological polar surface area (TPSA) is 71.4 Å². The second-order valence-electron chi connectivity index (χ2n) is 7.01. The summed E-state index contributed by atoms with van der Waals surface area (Å²) in [5.74, 6) is 1.68. The van der Waals surface area contributed by atoms with Gasteiger partial charge in [0.15, 0.2) is 5.78 Å². The van der Waals surface area contributed by atoms with E-state index in [0.29, 0.717) is 5.56 Å². The summed E-state index contributed by atoms with van der Waals surface area (Å²) in [5.41, 5.74) is 0.590. The van der Waals surface area contributed by atoms with Crippen LogP contribution < -0.4 is 0 Å². The molecular weight excluding hydrogens is 568 g/mol. The molecule has 0 saturated carbocycles. The summed E-state index contributed by atoms with van der Waals surface area (Å²) in [7, 11) is -1.13. The molecule has 0 aliphatic heterocycles. The molecule has 31 heavy (non-hydrogen) atoms.